The molecule has 28 heavy (non-hydrogen) atoms. The second-order valence-electron chi connectivity index (χ2n) is 6.75. The van der Waals surface area contributed by atoms with Gasteiger partial charge in [0, 0.05) is 10.9 Å². The fourth-order valence-electron chi connectivity index (χ4n) is 3.14. The molecule has 0 radical (unpaired) electrons. The molecule has 3 nitrogen and oxygen atoms in total. The highest BCUT2D eigenvalue weighted by Gasteiger charge is 2.18. The molecule has 0 atom stereocenters. The van der Waals surface area contributed by atoms with Gasteiger partial charge in [0.05, 0.1) is 12.0 Å². The largest absolute Gasteiger partial charge is 0.486 e. The maximum atomic E-state index is 13.6. The van der Waals surface area contributed by atoms with Crippen LogP contribution in [0.5, 0.6) is 5.75 Å². The first kappa shape index (κ1) is 20.6. The van der Waals surface area contributed by atoms with Gasteiger partial charge in [-0.1, -0.05) is 71.9 Å². The third kappa shape index (κ3) is 5.22. The molecule has 3 aromatic rings. The summed E-state index contributed by atoms with van der Waals surface area (Å²) in [5.41, 5.74) is 0.775. The fourth-order valence-corrected chi connectivity index (χ4v) is 3.54. The van der Waals surface area contributed by atoms with Crippen LogP contribution in [0.3, 0.4) is 0 Å². The molecule has 0 unspecified atom stereocenters. The normalized spacial score (nSPS) is 11.1. The molecule has 0 spiro atoms. The molecule has 0 aliphatic heterocycles. The van der Waals surface area contributed by atoms with E-state index in [4.69, 9.17) is 9.15 Å². The monoisotopic (exact) mass is 446 g/mol. The number of hydrogen-bond acceptors (Lipinski definition) is 3. The predicted octanol–water partition coefficient (Wildman–Crippen LogP) is 6.71. The van der Waals surface area contributed by atoms with E-state index in [1.165, 1.54) is 37.5 Å². The molecular weight excluding hydrogens is 423 g/mol. The Labute approximate surface area is 172 Å². The molecule has 1 heterocycles. The van der Waals surface area contributed by atoms with E-state index in [2.05, 4.69) is 15.9 Å². The highest BCUT2D eigenvalue weighted by atomic mass is 79.9. The van der Waals surface area contributed by atoms with E-state index >= 15 is 0 Å². The summed E-state index contributed by atoms with van der Waals surface area (Å²) in [6.07, 6.45) is 6.70. The smallest absolute Gasteiger partial charge is 0.235 e. The summed E-state index contributed by atoms with van der Waals surface area (Å²) in [6, 6.07) is 13.3. The molecule has 5 heteroatoms. The van der Waals surface area contributed by atoms with Crippen LogP contribution in [0.15, 0.2) is 57.7 Å². The van der Waals surface area contributed by atoms with Crippen LogP contribution in [0, 0.1) is 5.82 Å². The minimum atomic E-state index is -0.471. The van der Waals surface area contributed by atoms with Gasteiger partial charge in [-0.25, -0.2) is 4.39 Å². The molecule has 0 saturated carbocycles. The van der Waals surface area contributed by atoms with Crippen molar-refractivity contribution in [1.29, 1.82) is 0 Å². The lowest BCUT2D eigenvalue weighted by Crippen LogP contribution is -2.11. The minimum Gasteiger partial charge on any atom is -0.486 e. The van der Waals surface area contributed by atoms with Gasteiger partial charge in [0.25, 0.3) is 0 Å². The molecule has 0 aliphatic rings. The van der Waals surface area contributed by atoms with Crippen LogP contribution in [0.1, 0.15) is 38.5 Å². The summed E-state index contributed by atoms with van der Waals surface area (Å²) >= 11 is 3.44. The Bertz CT molecular complexity index is 953. The maximum absolute atomic E-state index is 13.6. The van der Waals surface area contributed by atoms with E-state index in [1.54, 1.807) is 0 Å². The van der Waals surface area contributed by atoms with Gasteiger partial charge in [0.2, 0.25) is 11.2 Å². The zero-order chi connectivity index (χ0) is 19.8. The minimum absolute atomic E-state index is 0.156. The van der Waals surface area contributed by atoms with Crippen molar-refractivity contribution < 1.29 is 13.5 Å². The average Bonchev–Trinajstić information content (AvgIpc) is 2.72. The number of unbranched alkanes of at least 4 members (excludes halogenated alkanes) is 5. The van der Waals surface area contributed by atoms with Crippen LogP contribution >= 0.6 is 15.9 Å². The molecule has 148 valence electrons. The highest BCUT2D eigenvalue weighted by molar-refractivity contribution is 9.09. The van der Waals surface area contributed by atoms with E-state index in [-0.39, 0.29) is 16.6 Å². The molecule has 1 aromatic heterocycles. The highest BCUT2D eigenvalue weighted by Crippen LogP contribution is 2.31. The summed E-state index contributed by atoms with van der Waals surface area (Å²) in [5, 5.41) is 1.25. The lowest BCUT2D eigenvalue weighted by Gasteiger charge is -2.12. The molecule has 0 bridgehead atoms. The molecule has 0 amide bonds. The fraction of sp³-hybridized carbons (Fsp3) is 0.348. The van der Waals surface area contributed by atoms with Gasteiger partial charge < -0.3 is 9.15 Å². The number of benzene rings is 2. The van der Waals surface area contributed by atoms with Crippen LogP contribution in [0.25, 0.3) is 22.3 Å². The van der Waals surface area contributed by atoms with Crippen molar-refractivity contribution in [3.63, 3.8) is 0 Å². The predicted molar refractivity (Wildman–Crippen MR) is 115 cm³/mol. The van der Waals surface area contributed by atoms with Crippen LogP contribution in [-0.4, -0.2) is 11.9 Å². The number of rotatable bonds is 10. The Morgan fingerprint density at radius 2 is 1.64 bits per heavy atom. The molecule has 0 fully saturated rings. The topological polar surface area (TPSA) is 39.4 Å². The summed E-state index contributed by atoms with van der Waals surface area (Å²) in [7, 11) is 0. The lowest BCUT2D eigenvalue weighted by atomic mass is 10.1. The lowest BCUT2D eigenvalue weighted by molar-refractivity contribution is 0.297. The second-order valence-corrected chi connectivity index (χ2v) is 7.55. The van der Waals surface area contributed by atoms with Crippen LogP contribution in [-0.2, 0) is 0 Å². The number of halogens is 2. The number of hydrogen-bond donors (Lipinski definition) is 0. The van der Waals surface area contributed by atoms with E-state index < -0.39 is 5.82 Å². The Hall–Kier alpha value is -2.14. The van der Waals surface area contributed by atoms with Crippen LogP contribution in [0.4, 0.5) is 4.39 Å². The van der Waals surface area contributed by atoms with Gasteiger partial charge in [-0.15, -0.1) is 0 Å². The van der Waals surface area contributed by atoms with Gasteiger partial charge in [0.1, 0.15) is 11.4 Å². The van der Waals surface area contributed by atoms with Crippen molar-refractivity contribution in [2.45, 2.75) is 38.5 Å². The molecular formula is C23H24BrFO3. The number of ether oxygens (including phenoxy) is 1. The third-order valence-corrected chi connectivity index (χ3v) is 5.18. The molecule has 0 N–H and O–H groups in total. The SMILES string of the molecule is O=c1c(OCCCCCCCCBr)c(-c2ccccc2)oc2ccc(F)cc12. The Kier molecular flexibility index (Phi) is 7.66. The van der Waals surface area contributed by atoms with Crippen LogP contribution < -0.4 is 10.2 Å². The first-order valence-electron chi connectivity index (χ1n) is 9.71. The number of fused-ring (bicyclic) bond motifs is 1. The quantitative estimate of drug-likeness (QED) is 0.256. The molecule has 3 rings (SSSR count). The zero-order valence-electron chi connectivity index (χ0n) is 15.8. The second kappa shape index (κ2) is 10.4. The van der Waals surface area contributed by atoms with Gasteiger partial charge in [-0.3, -0.25) is 4.79 Å². The van der Waals surface area contributed by atoms with Crippen LogP contribution in [0.2, 0.25) is 0 Å². The van der Waals surface area contributed by atoms with Crippen molar-refractivity contribution in [3.05, 3.63) is 64.6 Å². The zero-order valence-corrected chi connectivity index (χ0v) is 17.3. The van der Waals surface area contributed by atoms with Crippen molar-refractivity contribution >= 4 is 26.9 Å². The van der Waals surface area contributed by atoms with E-state index in [0.717, 1.165) is 30.2 Å². The van der Waals surface area contributed by atoms with Crippen molar-refractivity contribution in [2.75, 3.05) is 11.9 Å². The number of alkyl halides is 1. The van der Waals surface area contributed by atoms with Gasteiger partial charge in [-0.2, -0.15) is 0 Å². The first-order chi connectivity index (χ1) is 13.7. The molecule has 2 aromatic carbocycles. The van der Waals surface area contributed by atoms with Gasteiger partial charge in [-0.05, 0) is 31.0 Å². The summed E-state index contributed by atoms with van der Waals surface area (Å²) in [6.45, 7) is 0.434. The molecule has 0 saturated heterocycles. The van der Waals surface area contributed by atoms with Gasteiger partial charge in [0.15, 0.2) is 5.76 Å². The van der Waals surface area contributed by atoms with E-state index in [1.807, 2.05) is 30.3 Å². The van der Waals surface area contributed by atoms with E-state index in [0.29, 0.717) is 18.0 Å². The average molecular weight is 447 g/mol. The van der Waals surface area contributed by atoms with Crippen molar-refractivity contribution in [1.82, 2.24) is 0 Å². The van der Waals surface area contributed by atoms with Gasteiger partial charge >= 0.3 is 0 Å². The van der Waals surface area contributed by atoms with E-state index in [9.17, 15) is 9.18 Å². The summed E-state index contributed by atoms with van der Waals surface area (Å²) in [5.74, 6) is 0.0762. The maximum Gasteiger partial charge on any atom is 0.235 e. The van der Waals surface area contributed by atoms with Crippen molar-refractivity contribution in [2.24, 2.45) is 0 Å². The summed E-state index contributed by atoms with van der Waals surface area (Å²) in [4.78, 5) is 13.0. The summed E-state index contributed by atoms with van der Waals surface area (Å²) < 4.78 is 25.4. The van der Waals surface area contributed by atoms with Crippen molar-refractivity contribution in [3.8, 4) is 17.1 Å². The third-order valence-electron chi connectivity index (χ3n) is 4.62. The molecule has 0 aliphatic carbocycles. The Morgan fingerprint density at radius 1 is 0.929 bits per heavy atom. The Morgan fingerprint density at radius 3 is 2.39 bits per heavy atom. The first-order valence-corrected chi connectivity index (χ1v) is 10.8. The standard InChI is InChI=1S/C23H24BrFO3/c24-14-8-3-1-2-4-9-15-27-23-21(26)19-16-18(25)12-13-20(19)28-22(23)17-10-6-5-7-11-17/h5-7,10-13,16H,1-4,8-9,14-15H2. The Balaban J connectivity index is 1.79.